The van der Waals surface area contributed by atoms with Gasteiger partial charge in [0.1, 0.15) is 0 Å². The van der Waals surface area contributed by atoms with Crippen LogP contribution in [0.25, 0.3) is 0 Å². The number of para-hydroxylation sites is 1. The van der Waals surface area contributed by atoms with Gasteiger partial charge < -0.3 is 0 Å². The summed E-state index contributed by atoms with van der Waals surface area (Å²) in [7, 11) is 0. The predicted octanol–water partition coefficient (Wildman–Crippen LogP) is 4.83. The molecule has 0 aromatic heterocycles. The van der Waals surface area contributed by atoms with Gasteiger partial charge in [-0.2, -0.15) is 0 Å². The van der Waals surface area contributed by atoms with Crippen molar-refractivity contribution >= 4 is 29.1 Å². The van der Waals surface area contributed by atoms with Gasteiger partial charge in [0.2, 0.25) is 0 Å². The molecule has 0 aliphatic heterocycles. The van der Waals surface area contributed by atoms with Crippen molar-refractivity contribution in [1.29, 1.82) is 0 Å². The van der Waals surface area contributed by atoms with Crippen molar-refractivity contribution in [3.8, 4) is 0 Å². The first kappa shape index (κ1) is 16.0. The number of hydrogen-bond donors (Lipinski definition) is 0. The second-order valence-electron chi connectivity index (χ2n) is 5.13. The van der Waals surface area contributed by atoms with Gasteiger partial charge >= 0.3 is 0 Å². The molecular weight excluding hydrogens is 322 g/mol. The third kappa shape index (κ3) is 3.21. The third-order valence-electron chi connectivity index (χ3n) is 3.54. The van der Waals surface area contributed by atoms with Crippen LogP contribution >= 0.6 is 11.6 Å². The molecule has 0 saturated carbocycles. The number of benzene rings is 3. The van der Waals surface area contributed by atoms with E-state index in [0.717, 1.165) is 4.90 Å². The van der Waals surface area contributed by atoms with Crippen LogP contribution in [0.3, 0.4) is 0 Å². The van der Waals surface area contributed by atoms with Gasteiger partial charge in [-0.05, 0) is 36.4 Å². The fourth-order valence-corrected chi connectivity index (χ4v) is 2.58. The number of carbonyl (C=O) groups excluding carboxylic acids is 2. The molecule has 0 saturated heterocycles. The molecule has 2 amide bonds. The molecule has 3 nitrogen and oxygen atoms in total. The number of imide groups is 1. The second kappa shape index (κ2) is 7.11. The first-order valence-corrected chi connectivity index (χ1v) is 7.79. The Morgan fingerprint density at radius 3 is 1.50 bits per heavy atom. The average Bonchev–Trinajstić information content (AvgIpc) is 2.64. The lowest BCUT2D eigenvalue weighted by Gasteiger charge is -2.22. The van der Waals surface area contributed by atoms with E-state index in [0.29, 0.717) is 21.8 Å². The summed E-state index contributed by atoms with van der Waals surface area (Å²) in [4.78, 5) is 27.0. The fourth-order valence-electron chi connectivity index (χ4n) is 2.36. The fraction of sp³-hybridized carbons (Fsp3) is 0. The lowest BCUT2D eigenvalue weighted by molar-refractivity contribution is 0.0897. The molecule has 4 heteroatoms. The molecule has 3 aromatic rings. The maximum absolute atomic E-state index is 13.0. The van der Waals surface area contributed by atoms with Gasteiger partial charge in [-0.15, -0.1) is 0 Å². The normalized spacial score (nSPS) is 10.2. The van der Waals surface area contributed by atoms with Gasteiger partial charge in [-0.1, -0.05) is 60.1 Å². The molecule has 0 fully saturated rings. The summed E-state index contributed by atoms with van der Waals surface area (Å²) in [5, 5.41) is 0.339. The van der Waals surface area contributed by atoms with Gasteiger partial charge in [0.05, 0.1) is 10.7 Å². The number of hydrogen-bond acceptors (Lipinski definition) is 2. The number of anilines is 1. The minimum Gasteiger partial charge on any atom is -0.268 e. The Bertz CT molecular complexity index is 812. The van der Waals surface area contributed by atoms with Crippen molar-refractivity contribution in [1.82, 2.24) is 0 Å². The van der Waals surface area contributed by atoms with Gasteiger partial charge in [0, 0.05) is 11.1 Å². The van der Waals surface area contributed by atoms with Crippen molar-refractivity contribution in [2.45, 2.75) is 0 Å². The second-order valence-corrected chi connectivity index (χ2v) is 5.54. The SMILES string of the molecule is O=C(c1ccccc1)N(C(=O)c1ccccc1)c1ccccc1Cl. The highest BCUT2D eigenvalue weighted by Gasteiger charge is 2.27. The van der Waals surface area contributed by atoms with Crippen molar-refractivity contribution in [3.05, 3.63) is 101 Å². The van der Waals surface area contributed by atoms with Crippen LogP contribution in [0.4, 0.5) is 5.69 Å². The highest BCUT2D eigenvalue weighted by Crippen LogP contribution is 2.28. The van der Waals surface area contributed by atoms with Crippen molar-refractivity contribution < 1.29 is 9.59 Å². The van der Waals surface area contributed by atoms with E-state index in [1.54, 1.807) is 72.8 Å². The maximum Gasteiger partial charge on any atom is 0.265 e. The van der Waals surface area contributed by atoms with Gasteiger partial charge in [0.25, 0.3) is 11.8 Å². The molecule has 0 aliphatic rings. The summed E-state index contributed by atoms with van der Waals surface area (Å²) < 4.78 is 0. The molecule has 0 radical (unpaired) electrons. The van der Waals surface area contributed by atoms with Gasteiger partial charge in [-0.25, -0.2) is 4.90 Å². The van der Waals surface area contributed by atoms with Crippen molar-refractivity contribution in [2.75, 3.05) is 4.90 Å². The zero-order chi connectivity index (χ0) is 16.9. The Balaban J connectivity index is 2.10. The Hall–Kier alpha value is -2.91. The van der Waals surface area contributed by atoms with E-state index in [4.69, 9.17) is 11.6 Å². The van der Waals surface area contributed by atoms with E-state index in [1.807, 2.05) is 12.1 Å². The number of halogens is 1. The molecule has 3 rings (SSSR count). The van der Waals surface area contributed by atoms with E-state index in [1.165, 1.54) is 0 Å². The lowest BCUT2D eigenvalue weighted by Crippen LogP contribution is -2.37. The summed E-state index contributed by atoms with van der Waals surface area (Å²) in [6, 6.07) is 24.1. The molecule has 0 bridgehead atoms. The molecule has 118 valence electrons. The monoisotopic (exact) mass is 335 g/mol. The van der Waals surface area contributed by atoms with Crippen molar-refractivity contribution in [2.24, 2.45) is 0 Å². The van der Waals surface area contributed by atoms with E-state index >= 15 is 0 Å². The summed E-state index contributed by atoms with van der Waals surface area (Å²) in [5.41, 5.74) is 1.20. The van der Waals surface area contributed by atoms with Crippen LogP contribution in [-0.4, -0.2) is 11.8 Å². The largest absolute Gasteiger partial charge is 0.268 e. The van der Waals surface area contributed by atoms with Crippen LogP contribution in [0.1, 0.15) is 20.7 Å². The molecule has 24 heavy (non-hydrogen) atoms. The zero-order valence-electron chi connectivity index (χ0n) is 12.7. The summed E-state index contributed by atoms with van der Waals surface area (Å²) in [6.45, 7) is 0. The van der Waals surface area contributed by atoms with Gasteiger partial charge in [-0.3, -0.25) is 9.59 Å². The molecule has 3 aromatic carbocycles. The van der Waals surface area contributed by atoms with Crippen LogP contribution in [0.5, 0.6) is 0 Å². The molecule has 0 spiro atoms. The topological polar surface area (TPSA) is 37.4 Å². The summed E-state index contributed by atoms with van der Waals surface area (Å²) in [6.07, 6.45) is 0. The van der Waals surface area contributed by atoms with Gasteiger partial charge in [0.15, 0.2) is 0 Å². The number of nitrogens with zero attached hydrogens (tertiary/aromatic N) is 1. The summed E-state index contributed by atoms with van der Waals surface area (Å²) in [5.74, 6) is -0.838. The number of carbonyl (C=O) groups is 2. The van der Waals surface area contributed by atoms with Crippen LogP contribution in [0.2, 0.25) is 5.02 Å². The Morgan fingerprint density at radius 2 is 1.04 bits per heavy atom. The third-order valence-corrected chi connectivity index (χ3v) is 3.86. The zero-order valence-corrected chi connectivity index (χ0v) is 13.5. The van der Waals surface area contributed by atoms with E-state index in [9.17, 15) is 9.59 Å². The Morgan fingerprint density at radius 1 is 0.625 bits per heavy atom. The minimum atomic E-state index is -0.419. The number of amides is 2. The first-order valence-electron chi connectivity index (χ1n) is 7.42. The number of rotatable bonds is 3. The average molecular weight is 336 g/mol. The highest BCUT2D eigenvalue weighted by atomic mass is 35.5. The molecule has 0 aliphatic carbocycles. The Labute approximate surface area is 145 Å². The maximum atomic E-state index is 13.0. The first-order chi connectivity index (χ1) is 11.7. The smallest absolute Gasteiger partial charge is 0.265 e. The molecule has 0 heterocycles. The molecule has 0 N–H and O–H groups in total. The summed E-state index contributed by atoms with van der Waals surface area (Å²) >= 11 is 6.24. The van der Waals surface area contributed by atoms with E-state index in [2.05, 4.69) is 0 Å². The van der Waals surface area contributed by atoms with E-state index < -0.39 is 11.8 Å². The van der Waals surface area contributed by atoms with E-state index in [-0.39, 0.29) is 0 Å². The van der Waals surface area contributed by atoms with Crippen LogP contribution in [0, 0.1) is 0 Å². The van der Waals surface area contributed by atoms with Crippen LogP contribution in [0.15, 0.2) is 84.9 Å². The van der Waals surface area contributed by atoms with Crippen LogP contribution in [-0.2, 0) is 0 Å². The standard InChI is InChI=1S/C20H14ClNO2/c21-17-13-7-8-14-18(17)22(19(23)15-9-3-1-4-10-15)20(24)16-11-5-2-6-12-16/h1-14H. The Kier molecular flexibility index (Phi) is 4.73. The van der Waals surface area contributed by atoms with Crippen molar-refractivity contribution in [3.63, 3.8) is 0 Å². The lowest BCUT2D eigenvalue weighted by atomic mass is 10.1. The molecular formula is C20H14ClNO2. The molecule has 0 unspecified atom stereocenters. The minimum absolute atomic E-state index is 0.339. The molecule has 0 atom stereocenters. The quantitative estimate of drug-likeness (QED) is 0.643. The predicted molar refractivity (Wildman–Crippen MR) is 95.5 cm³/mol. The highest BCUT2D eigenvalue weighted by molar-refractivity contribution is 6.36. The van der Waals surface area contributed by atoms with Crippen LogP contribution < -0.4 is 4.90 Å².